The Morgan fingerprint density at radius 3 is 2.48 bits per heavy atom. The molecule has 0 bridgehead atoms. The second-order valence-electron chi connectivity index (χ2n) is 6.34. The van der Waals surface area contributed by atoms with Crippen LogP contribution in [0.15, 0.2) is 52.7 Å². The van der Waals surface area contributed by atoms with Crippen LogP contribution >= 0.6 is 11.8 Å². The molecule has 31 heavy (non-hydrogen) atoms. The van der Waals surface area contributed by atoms with Crippen molar-refractivity contribution in [2.24, 2.45) is 10.2 Å². The highest BCUT2D eigenvalue weighted by Crippen LogP contribution is 2.30. The minimum Gasteiger partial charge on any atom is -0.497 e. The van der Waals surface area contributed by atoms with Crippen molar-refractivity contribution >= 4 is 40.6 Å². The van der Waals surface area contributed by atoms with E-state index in [1.165, 1.54) is 7.11 Å². The fourth-order valence-electron chi connectivity index (χ4n) is 2.70. The summed E-state index contributed by atoms with van der Waals surface area (Å²) in [4.78, 5) is 24.6. The van der Waals surface area contributed by atoms with Gasteiger partial charge in [-0.2, -0.15) is 5.10 Å². The molecule has 0 radical (unpaired) electrons. The van der Waals surface area contributed by atoms with Crippen molar-refractivity contribution in [1.29, 1.82) is 0 Å². The highest BCUT2D eigenvalue weighted by Gasteiger charge is 2.32. The van der Waals surface area contributed by atoms with Crippen LogP contribution in [0.4, 0.5) is 5.69 Å². The smallest absolute Gasteiger partial charge is 0.240 e. The number of methoxy groups -OCH3 is 3. The average molecular weight is 442 g/mol. The first-order valence-electron chi connectivity index (χ1n) is 9.27. The summed E-state index contributed by atoms with van der Waals surface area (Å²) in [6.45, 7) is 0. The van der Waals surface area contributed by atoms with Gasteiger partial charge in [0.1, 0.15) is 22.5 Å². The lowest BCUT2D eigenvalue weighted by Crippen LogP contribution is -2.28. The minimum absolute atomic E-state index is 0.0209. The highest BCUT2D eigenvalue weighted by molar-refractivity contribution is 8.15. The molecule has 1 unspecified atom stereocenters. The van der Waals surface area contributed by atoms with Gasteiger partial charge in [-0.15, -0.1) is 5.10 Å². The van der Waals surface area contributed by atoms with Crippen LogP contribution in [0.1, 0.15) is 12.0 Å². The molecule has 2 aromatic carbocycles. The lowest BCUT2D eigenvalue weighted by Gasteiger charge is -2.12. The van der Waals surface area contributed by atoms with E-state index in [-0.39, 0.29) is 18.2 Å². The van der Waals surface area contributed by atoms with Crippen molar-refractivity contribution in [3.8, 4) is 17.2 Å². The molecule has 162 valence electrons. The number of amidine groups is 1. The first-order valence-corrected chi connectivity index (χ1v) is 10.1. The number of rotatable bonds is 8. The van der Waals surface area contributed by atoms with Gasteiger partial charge in [-0.05, 0) is 42.0 Å². The van der Waals surface area contributed by atoms with Crippen molar-refractivity contribution in [3.05, 3.63) is 48.0 Å². The molecule has 10 heteroatoms. The zero-order chi connectivity index (χ0) is 22.2. The van der Waals surface area contributed by atoms with Crippen LogP contribution in [-0.4, -0.2) is 49.8 Å². The third kappa shape index (κ3) is 5.98. The Bertz CT molecular complexity index is 1010. The average Bonchev–Trinajstić information content (AvgIpc) is 3.13. The molecule has 1 saturated heterocycles. The van der Waals surface area contributed by atoms with Gasteiger partial charge in [-0.3, -0.25) is 9.59 Å². The molecule has 9 nitrogen and oxygen atoms in total. The molecule has 3 rings (SSSR count). The van der Waals surface area contributed by atoms with Gasteiger partial charge in [-0.1, -0.05) is 11.8 Å². The Labute approximate surface area is 183 Å². The minimum atomic E-state index is -0.598. The highest BCUT2D eigenvalue weighted by atomic mass is 32.2. The SMILES string of the molecule is COc1ccc(/C=N/N=C2/NC(=O)C(CC(=O)Nc3ccc(OC)cc3OC)S2)cc1. The summed E-state index contributed by atoms with van der Waals surface area (Å²) < 4.78 is 15.5. The molecule has 0 spiro atoms. The van der Waals surface area contributed by atoms with E-state index >= 15 is 0 Å². The molecular formula is C21H22N4O5S. The number of nitrogens with zero attached hydrogens (tertiary/aromatic N) is 2. The Morgan fingerprint density at radius 2 is 1.81 bits per heavy atom. The van der Waals surface area contributed by atoms with Gasteiger partial charge in [0.05, 0.1) is 33.2 Å². The Hall–Kier alpha value is -3.53. The van der Waals surface area contributed by atoms with E-state index in [0.717, 1.165) is 23.1 Å². The maximum absolute atomic E-state index is 12.4. The fraction of sp³-hybridized carbons (Fsp3) is 0.238. The molecule has 1 aliphatic rings. The van der Waals surface area contributed by atoms with Crippen LogP contribution in [-0.2, 0) is 9.59 Å². The van der Waals surface area contributed by atoms with Crippen LogP contribution in [0.3, 0.4) is 0 Å². The Kier molecular flexibility index (Phi) is 7.50. The molecule has 1 atom stereocenters. The monoisotopic (exact) mass is 442 g/mol. The number of carbonyl (C=O) groups excluding carboxylic acids is 2. The maximum atomic E-state index is 12.4. The first-order chi connectivity index (χ1) is 15.0. The first kappa shape index (κ1) is 22.2. The van der Waals surface area contributed by atoms with Crippen LogP contribution in [0.25, 0.3) is 0 Å². The van der Waals surface area contributed by atoms with Crippen LogP contribution < -0.4 is 24.8 Å². The molecule has 0 aliphatic carbocycles. The molecule has 0 saturated carbocycles. The van der Waals surface area contributed by atoms with Gasteiger partial charge in [0, 0.05) is 12.5 Å². The molecule has 2 aromatic rings. The molecule has 1 aliphatic heterocycles. The number of ether oxygens (including phenoxy) is 3. The Morgan fingerprint density at radius 1 is 1.10 bits per heavy atom. The number of hydrogen-bond acceptors (Lipinski definition) is 8. The molecule has 0 aromatic heterocycles. The Balaban J connectivity index is 1.56. The summed E-state index contributed by atoms with van der Waals surface area (Å²) in [5.41, 5.74) is 1.33. The number of benzene rings is 2. The summed E-state index contributed by atoms with van der Waals surface area (Å²) in [6, 6.07) is 12.4. The summed E-state index contributed by atoms with van der Waals surface area (Å²) in [5, 5.41) is 13.1. The van der Waals surface area contributed by atoms with Crippen molar-refractivity contribution in [2.45, 2.75) is 11.7 Å². The van der Waals surface area contributed by atoms with Gasteiger partial charge < -0.3 is 24.8 Å². The third-order valence-electron chi connectivity index (χ3n) is 4.30. The van der Waals surface area contributed by atoms with E-state index in [9.17, 15) is 9.59 Å². The van der Waals surface area contributed by atoms with Crippen LogP contribution in [0.5, 0.6) is 17.2 Å². The van der Waals surface area contributed by atoms with Gasteiger partial charge in [0.25, 0.3) is 0 Å². The third-order valence-corrected chi connectivity index (χ3v) is 5.37. The summed E-state index contributed by atoms with van der Waals surface area (Å²) >= 11 is 1.16. The van der Waals surface area contributed by atoms with E-state index in [2.05, 4.69) is 20.8 Å². The van der Waals surface area contributed by atoms with E-state index in [1.807, 2.05) is 24.3 Å². The molecule has 2 N–H and O–H groups in total. The summed E-state index contributed by atoms with van der Waals surface area (Å²) in [6.07, 6.45) is 1.54. The summed E-state index contributed by atoms with van der Waals surface area (Å²) in [7, 11) is 4.64. The van der Waals surface area contributed by atoms with Gasteiger partial charge >= 0.3 is 0 Å². The number of nitrogens with one attached hydrogen (secondary N) is 2. The van der Waals surface area contributed by atoms with E-state index in [4.69, 9.17) is 14.2 Å². The zero-order valence-corrected chi connectivity index (χ0v) is 18.1. The number of thioether (sulfide) groups is 1. The molecule has 1 heterocycles. The molecule has 2 amide bonds. The fourth-order valence-corrected chi connectivity index (χ4v) is 3.62. The lowest BCUT2D eigenvalue weighted by molar-refractivity contribution is -0.122. The number of amides is 2. The predicted molar refractivity (Wildman–Crippen MR) is 120 cm³/mol. The number of anilines is 1. The van der Waals surface area contributed by atoms with Crippen molar-refractivity contribution in [3.63, 3.8) is 0 Å². The van der Waals surface area contributed by atoms with Crippen molar-refractivity contribution in [2.75, 3.05) is 26.6 Å². The van der Waals surface area contributed by atoms with Gasteiger partial charge in [0.2, 0.25) is 11.8 Å². The standard InChI is InChI=1S/C21H22N4O5S/c1-28-14-6-4-13(5-7-14)12-22-25-21-24-20(27)18(31-21)11-19(26)23-16-9-8-15(29-2)10-17(16)30-3/h4-10,12,18H,11H2,1-3H3,(H,23,26)(H,24,25,27)/b22-12+. The number of hydrogen-bond donors (Lipinski definition) is 2. The lowest BCUT2D eigenvalue weighted by atomic mass is 10.2. The quantitative estimate of drug-likeness (QED) is 0.480. The predicted octanol–water partition coefficient (Wildman–Crippen LogP) is 2.66. The second-order valence-corrected chi connectivity index (χ2v) is 7.53. The van der Waals surface area contributed by atoms with Gasteiger partial charge in [-0.25, -0.2) is 0 Å². The normalized spacial score (nSPS) is 16.9. The van der Waals surface area contributed by atoms with Crippen molar-refractivity contribution < 1.29 is 23.8 Å². The summed E-state index contributed by atoms with van der Waals surface area (Å²) in [5.74, 6) is 1.21. The van der Waals surface area contributed by atoms with Crippen molar-refractivity contribution in [1.82, 2.24) is 5.32 Å². The topological polar surface area (TPSA) is 111 Å². The zero-order valence-electron chi connectivity index (χ0n) is 17.2. The molecular weight excluding hydrogens is 420 g/mol. The van der Waals surface area contributed by atoms with Crippen LogP contribution in [0, 0.1) is 0 Å². The second kappa shape index (κ2) is 10.5. The van der Waals surface area contributed by atoms with Gasteiger partial charge in [0.15, 0.2) is 5.17 Å². The van der Waals surface area contributed by atoms with E-state index in [1.54, 1.807) is 38.6 Å². The van der Waals surface area contributed by atoms with Crippen LogP contribution in [0.2, 0.25) is 0 Å². The van der Waals surface area contributed by atoms with E-state index < -0.39 is 5.25 Å². The van der Waals surface area contributed by atoms with E-state index in [0.29, 0.717) is 22.4 Å². The number of carbonyl (C=O) groups is 2. The maximum Gasteiger partial charge on any atom is 0.240 e. The molecule has 1 fully saturated rings. The largest absolute Gasteiger partial charge is 0.497 e.